The number of carbonyl (C=O) groups excluding carboxylic acids is 2. The number of halogens is 1. The molecule has 3 rings (SSSR count). The molecule has 0 amide bonds. The van der Waals surface area contributed by atoms with Crippen LogP contribution in [0.4, 0.5) is 0 Å². The number of hydrogen-bond donors (Lipinski definition) is 0. The van der Waals surface area contributed by atoms with Gasteiger partial charge in [-0.25, -0.2) is 9.59 Å². The topological polar surface area (TPSA) is 71.1 Å². The van der Waals surface area contributed by atoms with Crippen LogP contribution < -0.4 is 9.47 Å². The molecule has 0 saturated heterocycles. The second kappa shape index (κ2) is 11.5. The smallest absolute Gasteiger partial charge is 0.333 e. The fourth-order valence-electron chi connectivity index (χ4n) is 3.70. The zero-order valence-electron chi connectivity index (χ0n) is 20.6. The fourth-order valence-corrected chi connectivity index (χ4v) is 3.91. The first-order valence-corrected chi connectivity index (χ1v) is 11.9. The van der Waals surface area contributed by atoms with Gasteiger partial charge in [0.25, 0.3) is 0 Å². The molecule has 0 bridgehead atoms. The molecule has 35 heavy (non-hydrogen) atoms. The molecule has 0 N–H and O–H groups in total. The van der Waals surface area contributed by atoms with Gasteiger partial charge in [0.05, 0.1) is 0 Å². The van der Waals surface area contributed by atoms with E-state index in [1.807, 2.05) is 30.3 Å². The molecule has 2 atom stereocenters. The molecule has 0 saturated carbocycles. The lowest BCUT2D eigenvalue weighted by Gasteiger charge is -2.26. The molecule has 1 aliphatic rings. The Bertz CT molecular complexity index is 1200. The zero-order chi connectivity index (χ0) is 25.7. The van der Waals surface area contributed by atoms with Crippen molar-refractivity contribution in [2.24, 2.45) is 0 Å². The maximum absolute atomic E-state index is 11.9. The van der Waals surface area contributed by atoms with Crippen molar-refractivity contribution in [3.63, 3.8) is 0 Å². The van der Waals surface area contributed by atoms with Crippen molar-refractivity contribution in [3.05, 3.63) is 70.8 Å². The number of esters is 2. The van der Waals surface area contributed by atoms with Gasteiger partial charge in [0.15, 0.2) is 0 Å². The normalized spacial score (nSPS) is 14.3. The summed E-state index contributed by atoms with van der Waals surface area (Å²) < 4.78 is 23.2. The van der Waals surface area contributed by atoms with E-state index in [1.54, 1.807) is 27.7 Å². The first-order chi connectivity index (χ1) is 16.6. The number of rotatable bonds is 10. The zero-order valence-corrected chi connectivity index (χ0v) is 21.4. The van der Waals surface area contributed by atoms with Crippen LogP contribution in [0, 0.1) is 0 Å². The summed E-state index contributed by atoms with van der Waals surface area (Å²) in [5.41, 5.74) is 2.56. The van der Waals surface area contributed by atoms with Gasteiger partial charge in [0, 0.05) is 44.5 Å². The van der Waals surface area contributed by atoms with Crippen LogP contribution in [0.3, 0.4) is 0 Å². The van der Waals surface area contributed by atoms with Crippen LogP contribution in [0.2, 0.25) is 0 Å². The molecule has 0 spiro atoms. The quantitative estimate of drug-likeness (QED) is 0.303. The summed E-state index contributed by atoms with van der Waals surface area (Å²) in [6.07, 6.45) is 2.09. The Labute approximate surface area is 211 Å². The Morgan fingerprint density at radius 3 is 1.80 bits per heavy atom. The van der Waals surface area contributed by atoms with Gasteiger partial charge in [0.2, 0.25) is 0 Å². The van der Waals surface area contributed by atoms with Gasteiger partial charge in [-0.3, -0.25) is 0 Å². The highest BCUT2D eigenvalue weighted by molar-refractivity contribution is 6.30. The molecule has 7 heteroatoms. The summed E-state index contributed by atoms with van der Waals surface area (Å²) in [5.74, 6) is 0.495. The number of fused-ring (bicyclic) bond motifs is 2. The van der Waals surface area contributed by atoms with Crippen molar-refractivity contribution in [3.8, 4) is 11.5 Å². The van der Waals surface area contributed by atoms with Crippen LogP contribution in [0.25, 0.3) is 10.8 Å². The second-order valence-electron chi connectivity index (χ2n) is 8.81. The maximum atomic E-state index is 11.9. The third kappa shape index (κ3) is 6.45. The van der Waals surface area contributed by atoms with E-state index in [9.17, 15) is 9.59 Å². The van der Waals surface area contributed by atoms with E-state index in [0.29, 0.717) is 40.5 Å². The summed E-state index contributed by atoms with van der Waals surface area (Å²) in [7, 11) is 0. The number of hydrogen-bond acceptors (Lipinski definition) is 6. The Morgan fingerprint density at radius 1 is 0.886 bits per heavy atom. The fraction of sp³-hybridized carbons (Fsp3) is 0.357. The lowest BCUT2D eigenvalue weighted by atomic mass is 9.90. The third-order valence-electron chi connectivity index (χ3n) is 5.44. The standard InChI is InChI=1S/C28H31ClO6/c1-16(2)27(30)34-18(5)14-32-25-21-9-7-8-10-22(21)26(24-13-20(29)11-12-23(24)25)33-15-19(6)35-28(31)17(3)4/h7-11,18-19H,1,3,12-15H2,2,4-6H3. The molecular weight excluding hydrogens is 468 g/mol. The predicted molar refractivity (Wildman–Crippen MR) is 137 cm³/mol. The van der Waals surface area contributed by atoms with E-state index in [2.05, 4.69) is 13.2 Å². The highest BCUT2D eigenvalue weighted by atomic mass is 35.5. The van der Waals surface area contributed by atoms with Crippen LogP contribution in [0.1, 0.15) is 38.8 Å². The van der Waals surface area contributed by atoms with Gasteiger partial charge in [-0.15, -0.1) is 0 Å². The van der Waals surface area contributed by atoms with E-state index >= 15 is 0 Å². The number of allylic oxidation sites excluding steroid dienone is 2. The summed E-state index contributed by atoms with van der Waals surface area (Å²) in [5, 5.41) is 2.45. The van der Waals surface area contributed by atoms with E-state index in [-0.39, 0.29) is 13.2 Å². The monoisotopic (exact) mass is 498 g/mol. The van der Waals surface area contributed by atoms with Crippen molar-refractivity contribution in [1.29, 1.82) is 0 Å². The second-order valence-corrected chi connectivity index (χ2v) is 9.29. The Balaban J connectivity index is 1.93. The van der Waals surface area contributed by atoms with Crippen molar-refractivity contribution in [2.45, 2.75) is 52.7 Å². The maximum Gasteiger partial charge on any atom is 0.333 e. The minimum Gasteiger partial charge on any atom is -0.489 e. The summed E-state index contributed by atoms with van der Waals surface area (Å²) >= 11 is 6.42. The average Bonchev–Trinajstić information content (AvgIpc) is 2.80. The Hall–Kier alpha value is -3.25. The van der Waals surface area contributed by atoms with Crippen LogP contribution in [0.15, 0.2) is 59.7 Å². The van der Waals surface area contributed by atoms with Gasteiger partial charge < -0.3 is 18.9 Å². The molecule has 2 aromatic carbocycles. The van der Waals surface area contributed by atoms with Crippen molar-refractivity contribution in [1.82, 2.24) is 0 Å². The molecular formula is C28H31ClO6. The van der Waals surface area contributed by atoms with Gasteiger partial charge >= 0.3 is 11.9 Å². The number of carbonyl (C=O) groups is 2. The van der Waals surface area contributed by atoms with E-state index in [4.69, 9.17) is 30.5 Å². The lowest BCUT2D eigenvalue weighted by molar-refractivity contribution is -0.145. The lowest BCUT2D eigenvalue weighted by Crippen LogP contribution is -2.24. The summed E-state index contributed by atoms with van der Waals surface area (Å²) in [4.78, 5) is 23.7. The SMILES string of the molecule is C=C(C)C(=O)OC(C)COc1c2c(c(OCC(C)OC(=O)C(=C)C)c3ccccc13)CC(Cl)=CC2. The minimum atomic E-state index is -0.469. The molecule has 0 aromatic heterocycles. The average molecular weight is 499 g/mol. The minimum absolute atomic E-state index is 0.172. The molecule has 0 heterocycles. The summed E-state index contributed by atoms with van der Waals surface area (Å²) in [6.45, 7) is 14.3. The van der Waals surface area contributed by atoms with Crippen molar-refractivity contribution < 1.29 is 28.5 Å². The molecule has 0 aliphatic heterocycles. The van der Waals surface area contributed by atoms with Crippen molar-refractivity contribution >= 4 is 34.3 Å². The Morgan fingerprint density at radius 2 is 1.34 bits per heavy atom. The number of ether oxygens (including phenoxy) is 4. The third-order valence-corrected chi connectivity index (χ3v) is 5.73. The molecule has 186 valence electrons. The molecule has 1 aliphatic carbocycles. The highest BCUT2D eigenvalue weighted by Crippen LogP contribution is 2.44. The molecule has 0 fully saturated rings. The first kappa shape index (κ1) is 26.4. The van der Waals surface area contributed by atoms with Gasteiger partial charge in [-0.1, -0.05) is 55.1 Å². The van der Waals surface area contributed by atoms with Gasteiger partial charge in [-0.2, -0.15) is 0 Å². The molecule has 2 aromatic rings. The van der Waals surface area contributed by atoms with Gasteiger partial charge in [-0.05, 0) is 34.1 Å². The van der Waals surface area contributed by atoms with Crippen molar-refractivity contribution in [2.75, 3.05) is 13.2 Å². The van der Waals surface area contributed by atoms with Gasteiger partial charge in [0.1, 0.15) is 36.9 Å². The summed E-state index contributed by atoms with van der Waals surface area (Å²) in [6, 6.07) is 7.78. The highest BCUT2D eigenvalue weighted by Gasteiger charge is 2.25. The van der Waals surface area contributed by atoms with E-state index < -0.39 is 24.1 Å². The molecule has 2 unspecified atom stereocenters. The van der Waals surface area contributed by atoms with Crippen LogP contribution in [-0.4, -0.2) is 37.4 Å². The molecule has 6 nitrogen and oxygen atoms in total. The Kier molecular flexibility index (Phi) is 8.62. The van der Waals surface area contributed by atoms with Crippen LogP contribution in [-0.2, 0) is 31.9 Å². The van der Waals surface area contributed by atoms with Crippen LogP contribution in [0.5, 0.6) is 11.5 Å². The first-order valence-electron chi connectivity index (χ1n) is 11.5. The number of benzene rings is 2. The van der Waals surface area contributed by atoms with E-state index in [1.165, 1.54) is 0 Å². The largest absolute Gasteiger partial charge is 0.489 e. The van der Waals surface area contributed by atoms with E-state index in [0.717, 1.165) is 21.9 Å². The van der Waals surface area contributed by atoms with Crippen LogP contribution >= 0.6 is 11.6 Å². The predicted octanol–water partition coefficient (Wildman–Crippen LogP) is 5.83. The molecule has 0 radical (unpaired) electrons.